The van der Waals surface area contributed by atoms with Gasteiger partial charge < -0.3 is 14.8 Å². The summed E-state index contributed by atoms with van der Waals surface area (Å²) in [7, 11) is 0. The number of amides is 1. The number of rotatable bonds is 6. The lowest BCUT2D eigenvalue weighted by Crippen LogP contribution is -2.20. The molecule has 0 radical (unpaired) electrons. The predicted molar refractivity (Wildman–Crippen MR) is 107 cm³/mol. The number of ether oxygens (including phenoxy) is 2. The highest BCUT2D eigenvalue weighted by molar-refractivity contribution is 7.16. The summed E-state index contributed by atoms with van der Waals surface area (Å²) in [6, 6.07) is 8.74. The fourth-order valence-electron chi connectivity index (χ4n) is 3.20. The van der Waals surface area contributed by atoms with Crippen LogP contribution in [0.2, 0.25) is 0 Å². The van der Waals surface area contributed by atoms with Crippen molar-refractivity contribution in [1.82, 2.24) is 0 Å². The number of nitrogens with one attached hydrogen (secondary N) is 1. The summed E-state index contributed by atoms with van der Waals surface area (Å²) in [5, 5.41) is 12.9. The molecule has 2 aromatic rings. The van der Waals surface area contributed by atoms with E-state index in [2.05, 4.69) is 18.3 Å². The van der Waals surface area contributed by atoms with Crippen LogP contribution in [-0.2, 0) is 22.4 Å². The van der Waals surface area contributed by atoms with Crippen LogP contribution >= 0.6 is 11.3 Å². The van der Waals surface area contributed by atoms with Crippen LogP contribution in [0.5, 0.6) is 5.75 Å². The summed E-state index contributed by atoms with van der Waals surface area (Å²) in [4.78, 5) is 25.3. The number of esters is 1. The van der Waals surface area contributed by atoms with Crippen molar-refractivity contribution in [3.05, 3.63) is 45.8 Å². The Morgan fingerprint density at radius 3 is 2.96 bits per heavy atom. The lowest BCUT2D eigenvalue weighted by molar-refractivity contribution is -0.118. The van der Waals surface area contributed by atoms with Gasteiger partial charge in [-0.15, -0.1) is 11.3 Å². The molecule has 0 saturated carbocycles. The van der Waals surface area contributed by atoms with Crippen molar-refractivity contribution in [2.45, 2.75) is 33.1 Å². The Hall–Kier alpha value is -2.85. The maximum Gasteiger partial charge on any atom is 0.338 e. The first kappa shape index (κ1) is 19.9. The average molecular weight is 398 g/mol. The van der Waals surface area contributed by atoms with Gasteiger partial charge in [-0.2, -0.15) is 5.26 Å². The second kappa shape index (κ2) is 8.89. The van der Waals surface area contributed by atoms with Crippen LogP contribution < -0.4 is 10.1 Å². The van der Waals surface area contributed by atoms with E-state index in [1.807, 2.05) is 0 Å². The molecule has 1 amide bonds. The number of hydrogen-bond donors (Lipinski definition) is 1. The topological polar surface area (TPSA) is 88.4 Å². The Bertz CT molecular complexity index is 929. The van der Waals surface area contributed by atoms with Gasteiger partial charge in [-0.05, 0) is 55.9 Å². The first-order chi connectivity index (χ1) is 13.5. The van der Waals surface area contributed by atoms with E-state index in [1.54, 1.807) is 25.1 Å². The van der Waals surface area contributed by atoms with Gasteiger partial charge >= 0.3 is 5.97 Å². The molecule has 1 heterocycles. The van der Waals surface area contributed by atoms with Gasteiger partial charge in [0.25, 0.3) is 5.91 Å². The van der Waals surface area contributed by atoms with Gasteiger partial charge in [0, 0.05) is 4.88 Å². The van der Waals surface area contributed by atoms with Crippen LogP contribution in [0.1, 0.15) is 46.6 Å². The highest BCUT2D eigenvalue weighted by Gasteiger charge is 2.24. The second-order valence-corrected chi connectivity index (χ2v) is 7.86. The largest absolute Gasteiger partial charge is 0.484 e. The van der Waals surface area contributed by atoms with E-state index in [9.17, 15) is 14.9 Å². The van der Waals surface area contributed by atoms with Crippen molar-refractivity contribution < 1.29 is 19.1 Å². The minimum Gasteiger partial charge on any atom is -0.484 e. The molecule has 0 saturated heterocycles. The van der Waals surface area contributed by atoms with E-state index in [0.29, 0.717) is 27.8 Å². The molecule has 1 unspecified atom stereocenters. The number of nitrogens with zero attached hydrogens (tertiary/aromatic N) is 1. The number of carbonyl (C=O) groups is 2. The summed E-state index contributed by atoms with van der Waals surface area (Å²) >= 11 is 1.48. The standard InChI is InChI=1S/C21H22N2O4S/c1-3-26-21(25)14-5-4-6-15(10-14)27-12-19(24)23-20-17(11-22)16-8-7-13(2)9-18(16)28-20/h4-6,10,13H,3,7-9,12H2,1-2H3,(H,23,24). The first-order valence-electron chi connectivity index (χ1n) is 9.26. The number of nitriles is 1. The minimum atomic E-state index is -0.436. The monoisotopic (exact) mass is 398 g/mol. The molecular formula is C21H22N2O4S. The molecule has 1 aliphatic rings. The lowest BCUT2D eigenvalue weighted by Gasteiger charge is -2.17. The lowest BCUT2D eigenvalue weighted by atomic mass is 9.89. The maximum absolute atomic E-state index is 12.3. The SMILES string of the molecule is CCOC(=O)c1cccc(OCC(=O)Nc2sc3c(c2C#N)CCC(C)C3)c1. The van der Waals surface area contributed by atoms with E-state index < -0.39 is 5.97 Å². The van der Waals surface area contributed by atoms with E-state index in [4.69, 9.17) is 9.47 Å². The van der Waals surface area contributed by atoms with Gasteiger partial charge in [-0.3, -0.25) is 4.79 Å². The molecule has 0 aliphatic heterocycles. The molecule has 28 heavy (non-hydrogen) atoms. The number of anilines is 1. The normalized spacial score (nSPS) is 15.2. The molecule has 0 spiro atoms. The van der Waals surface area contributed by atoms with Gasteiger partial charge in [0.2, 0.25) is 0 Å². The van der Waals surface area contributed by atoms with Crippen molar-refractivity contribution in [2.24, 2.45) is 5.92 Å². The zero-order valence-electron chi connectivity index (χ0n) is 15.9. The smallest absolute Gasteiger partial charge is 0.338 e. The third kappa shape index (κ3) is 4.52. The summed E-state index contributed by atoms with van der Waals surface area (Å²) in [6.45, 7) is 4.01. The molecule has 3 rings (SSSR count). The van der Waals surface area contributed by atoms with Gasteiger partial charge in [0.15, 0.2) is 6.61 Å². The van der Waals surface area contributed by atoms with Crippen LogP contribution in [0.15, 0.2) is 24.3 Å². The molecule has 146 valence electrons. The summed E-state index contributed by atoms with van der Waals surface area (Å²) in [5.41, 5.74) is 2.01. The van der Waals surface area contributed by atoms with E-state index in [-0.39, 0.29) is 19.1 Å². The Balaban J connectivity index is 1.63. The van der Waals surface area contributed by atoms with E-state index >= 15 is 0 Å². The van der Waals surface area contributed by atoms with Crippen molar-refractivity contribution in [3.8, 4) is 11.8 Å². The van der Waals surface area contributed by atoms with Crippen molar-refractivity contribution in [3.63, 3.8) is 0 Å². The Morgan fingerprint density at radius 1 is 1.39 bits per heavy atom. The number of hydrogen-bond acceptors (Lipinski definition) is 6. The van der Waals surface area contributed by atoms with Crippen LogP contribution in [0.3, 0.4) is 0 Å². The first-order valence-corrected chi connectivity index (χ1v) is 10.1. The summed E-state index contributed by atoms with van der Waals surface area (Å²) < 4.78 is 10.5. The molecule has 1 aromatic heterocycles. The van der Waals surface area contributed by atoms with Gasteiger partial charge in [-0.1, -0.05) is 13.0 Å². The van der Waals surface area contributed by atoms with Crippen molar-refractivity contribution in [1.29, 1.82) is 5.26 Å². The number of fused-ring (bicyclic) bond motifs is 1. The van der Waals surface area contributed by atoms with Gasteiger partial charge in [-0.25, -0.2) is 4.79 Å². The Labute approximate surface area is 168 Å². The highest BCUT2D eigenvalue weighted by atomic mass is 32.1. The number of carbonyl (C=O) groups excluding carboxylic acids is 2. The highest BCUT2D eigenvalue weighted by Crippen LogP contribution is 2.39. The van der Waals surface area contributed by atoms with Crippen LogP contribution in [-0.4, -0.2) is 25.1 Å². The molecule has 7 heteroatoms. The van der Waals surface area contributed by atoms with Crippen LogP contribution in [0.25, 0.3) is 0 Å². The number of thiophene rings is 1. The molecule has 0 fully saturated rings. The van der Waals surface area contributed by atoms with E-state index in [1.165, 1.54) is 22.3 Å². The average Bonchev–Trinajstić information content (AvgIpc) is 3.02. The number of benzene rings is 1. The zero-order valence-corrected chi connectivity index (χ0v) is 16.7. The molecule has 1 atom stereocenters. The quantitative estimate of drug-likeness (QED) is 0.745. The van der Waals surface area contributed by atoms with Crippen molar-refractivity contribution in [2.75, 3.05) is 18.5 Å². The van der Waals surface area contributed by atoms with Gasteiger partial charge in [0.1, 0.15) is 16.8 Å². The third-order valence-corrected chi connectivity index (χ3v) is 5.76. The molecule has 1 N–H and O–H groups in total. The van der Waals surface area contributed by atoms with Crippen LogP contribution in [0.4, 0.5) is 5.00 Å². The predicted octanol–water partition coefficient (Wildman–Crippen LogP) is 3.94. The molecular weight excluding hydrogens is 376 g/mol. The maximum atomic E-state index is 12.3. The fourth-order valence-corrected chi connectivity index (χ4v) is 4.57. The third-order valence-electron chi connectivity index (χ3n) is 4.59. The van der Waals surface area contributed by atoms with Gasteiger partial charge in [0.05, 0.1) is 17.7 Å². The minimum absolute atomic E-state index is 0.212. The zero-order chi connectivity index (χ0) is 20.1. The second-order valence-electron chi connectivity index (χ2n) is 6.75. The Morgan fingerprint density at radius 2 is 2.21 bits per heavy atom. The molecule has 0 bridgehead atoms. The molecule has 1 aromatic carbocycles. The summed E-state index contributed by atoms with van der Waals surface area (Å²) in [5.74, 6) is 0.218. The van der Waals surface area contributed by atoms with Crippen LogP contribution in [0, 0.1) is 17.2 Å². The molecule has 6 nitrogen and oxygen atoms in total. The summed E-state index contributed by atoms with van der Waals surface area (Å²) in [6.07, 6.45) is 2.89. The molecule has 1 aliphatic carbocycles. The van der Waals surface area contributed by atoms with Crippen molar-refractivity contribution >= 4 is 28.2 Å². The fraction of sp³-hybridized carbons (Fsp3) is 0.381. The van der Waals surface area contributed by atoms with E-state index in [0.717, 1.165) is 24.8 Å². The Kier molecular flexibility index (Phi) is 6.32.